The van der Waals surface area contributed by atoms with E-state index in [1.165, 1.54) is 7.11 Å². The predicted octanol–water partition coefficient (Wildman–Crippen LogP) is 8.20. The van der Waals surface area contributed by atoms with Gasteiger partial charge in [-0.05, 0) is 109 Å². The molecular formula is C44H63N3O10. The van der Waals surface area contributed by atoms with Crippen molar-refractivity contribution < 1.29 is 47.7 Å². The van der Waals surface area contributed by atoms with E-state index in [4.69, 9.17) is 29.2 Å². The van der Waals surface area contributed by atoms with Gasteiger partial charge < -0.3 is 23.7 Å². The molecule has 314 valence electrons. The van der Waals surface area contributed by atoms with Crippen LogP contribution in [0.25, 0.3) is 10.4 Å². The smallest absolute Gasteiger partial charge is 0.321 e. The molecule has 13 heteroatoms. The van der Waals surface area contributed by atoms with Crippen molar-refractivity contribution >= 4 is 30.9 Å². The van der Waals surface area contributed by atoms with E-state index in [1.807, 2.05) is 38.1 Å². The second kappa shape index (κ2) is 19.1. The third kappa shape index (κ3) is 8.55. The van der Waals surface area contributed by atoms with Crippen molar-refractivity contribution in [1.29, 1.82) is 0 Å². The first kappa shape index (κ1) is 44.0. The molecule has 0 bridgehead atoms. The van der Waals surface area contributed by atoms with Crippen LogP contribution in [-0.4, -0.2) is 63.4 Å². The Hall–Kier alpha value is -4.12. The van der Waals surface area contributed by atoms with Gasteiger partial charge >= 0.3 is 17.9 Å². The summed E-state index contributed by atoms with van der Waals surface area (Å²) in [6, 6.07) is 7.60. The highest BCUT2D eigenvalue weighted by molar-refractivity contribution is 5.97. The zero-order valence-electron chi connectivity index (χ0n) is 34.7. The van der Waals surface area contributed by atoms with Crippen LogP contribution in [0.1, 0.15) is 123 Å². The van der Waals surface area contributed by atoms with Crippen LogP contribution in [-0.2, 0) is 59.6 Å². The first-order valence-corrected chi connectivity index (χ1v) is 21.1. The Morgan fingerprint density at radius 1 is 0.930 bits per heavy atom. The number of methoxy groups -OCH3 is 1. The molecule has 1 aromatic carbocycles. The molecule has 4 aliphatic rings. The average molecular weight is 794 g/mol. The lowest BCUT2D eigenvalue weighted by molar-refractivity contribution is -0.219. The molecule has 4 saturated carbocycles. The molecule has 0 amide bonds. The van der Waals surface area contributed by atoms with Crippen LogP contribution < -0.4 is 0 Å². The van der Waals surface area contributed by atoms with E-state index in [-0.39, 0.29) is 73.1 Å². The number of esters is 3. The van der Waals surface area contributed by atoms with E-state index in [9.17, 15) is 24.0 Å². The number of carbonyl (C=O) groups excluding carboxylic acids is 5. The predicted molar refractivity (Wildman–Crippen MR) is 210 cm³/mol. The van der Waals surface area contributed by atoms with Gasteiger partial charge in [0.05, 0.1) is 26.9 Å². The topological polar surface area (TPSA) is 180 Å². The van der Waals surface area contributed by atoms with Gasteiger partial charge in [0, 0.05) is 28.1 Å². The first-order chi connectivity index (χ1) is 27.4. The highest BCUT2D eigenvalue weighted by Crippen LogP contribution is 2.71. The van der Waals surface area contributed by atoms with Crippen LogP contribution in [0.2, 0.25) is 0 Å². The van der Waals surface area contributed by atoms with Gasteiger partial charge in [-0.15, -0.1) is 0 Å². The molecule has 4 fully saturated rings. The van der Waals surface area contributed by atoms with Gasteiger partial charge in [0.15, 0.2) is 5.92 Å². The summed E-state index contributed by atoms with van der Waals surface area (Å²) in [4.78, 5) is 68.6. The highest BCUT2D eigenvalue weighted by Gasteiger charge is 2.69. The number of azide groups is 1. The lowest BCUT2D eigenvalue weighted by Gasteiger charge is -2.65. The SMILES string of the molecule is CCCCOC(=O)C(C(=O)OCCCC)[C@@]1(c2ccc(CN=[N+]=[N-])cc2)CC[C@@]2(C)[C@H](C[C@@H](OC=O)[C@@H]3[C@@H]2C[C@H](OC=O)[C@]2(C)[C@@H]([C@H](C)CC(=O)OC)CC[C@@H]32)C1. The first-order valence-electron chi connectivity index (χ1n) is 21.1. The fraction of sp³-hybridized carbons (Fsp3) is 0.750. The Balaban J connectivity index is 1.59. The van der Waals surface area contributed by atoms with Crippen LogP contribution in [0, 0.1) is 52.3 Å². The maximum Gasteiger partial charge on any atom is 0.321 e. The summed E-state index contributed by atoms with van der Waals surface area (Å²) in [6.07, 6.45) is 6.67. The van der Waals surface area contributed by atoms with Crippen LogP contribution in [0.15, 0.2) is 29.4 Å². The second-order valence-corrected chi connectivity index (χ2v) is 17.7. The van der Waals surface area contributed by atoms with Crippen molar-refractivity contribution in [2.45, 2.75) is 136 Å². The molecule has 0 N–H and O–H groups in total. The Morgan fingerprint density at radius 3 is 2.16 bits per heavy atom. The largest absolute Gasteiger partial charge is 0.469 e. The normalized spacial score (nSPS) is 33.3. The van der Waals surface area contributed by atoms with Gasteiger partial charge in [0.1, 0.15) is 12.2 Å². The fourth-order valence-electron chi connectivity index (χ4n) is 12.2. The molecule has 0 saturated heterocycles. The van der Waals surface area contributed by atoms with E-state index in [2.05, 4.69) is 30.8 Å². The zero-order chi connectivity index (χ0) is 41.4. The van der Waals surface area contributed by atoms with E-state index in [1.54, 1.807) is 0 Å². The lowest BCUT2D eigenvalue weighted by atomic mass is 9.40. The Kier molecular flexibility index (Phi) is 14.7. The molecule has 57 heavy (non-hydrogen) atoms. The number of hydrogen-bond acceptors (Lipinski definition) is 11. The molecule has 0 radical (unpaired) electrons. The number of nitrogens with zero attached hydrogens (tertiary/aromatic N) is 3. The Labute approximate surface area is 337 Å². The number of hydrogen-bond donors (Lipinski definition) is 0. The molecule has 1 aromatic rings. The monoisotopic (exact) mass is 793 g/mol. The molecule has 11 atom stereocenters. The van der Waals surface area contributed by atoms with Gasteiger partial charge in [0.25, 0.3) is 12.9 Å². The second-order valence-electron chi connectivity index (χ2n) is 17.7. The summed E-state index contributed by atoms with van der Waals surface area (Å²) in [7, 11) is 1.39. The fourth-order valence-corrected chi connectivity index (χ4v) is 12.2. The van der Waals surface area contributed by atoms with Gasteiger partial charge in [-0.25, -0.2) is 0 Å². The maximum atomic E-state index is 14.3. The van der Waals surface area contributed by atoms with Crippen LogP contribution in [0.4, 0.5) is 0 Å². The van der Waals surface area contributed by atoms with Crippen molar-refractivity contribution in [2.24, 2.45) is 57.4 Å². The maximum absolute atomic E-state index is 14.3. The third-order valence-corrected chi connectivity index (χ3v) is 15.1. The summed E-state index contributed by atoms with van der Waals surface area (Å²) in [5, 5.41) is 3.72. The summed E-state index contributed by atoms with van der Waals surface area (Å²) < 4.78 is 28.9. The van der Waals surface area contributed by atoms with Gasteiger partial charge in [-0.3, -0.25) is 24.0 Å². The van der Waals surface area contributed by atoms with Crippen LogP contribution >= 0.6 is 0 Å². The molecule has 0 aromatic heterocycles. The van der Waals surface area contributed by atoms with Crippen molar-refractivity contribution in [1.82, 2.24) is 0 Å². The van der Waals surface area contributed by atoms with Crippen molar-refractivity contribution in [2.75, 3.05) is 20.3 Å². The van der Waals surface area contributed by atoms with Crippen LogP contribution in [0.3, 0.4) is 0 Å². The minimum Gasteiger partial charge on any atom is -0.469 e. The molecule has 4 aliphatic carbocycles. The minimum absolute atomic E-state index is 0.00503. The highest BCUT2D eigenvalue weighted by atomic mass is 16.6. The molecule has 0 aliphatic heterocycles. The number of rotatable bonds is 19. The number of benzene rings is 1. The summed E-state index contributed by atoms with van der Waals surface area (Å²) in [6.45, 7) is 12.2. The van der Waals surface area contributed by atoms with E-state index in [0.717, 1.165) is 36.8 Å². The standard InChI is InChI=1S/C44H63N3O10/c1-7-9-19-54-40(51)39(41(52)55-20-10-8-2)44(30-13-11-29(12-14-30)25-46-47-45)18-17-42(4)31(24-44)22-35(56-26-48)38-33-16-15-32(28(3)21-37(50)53-6)43(33,5)36(57-27-49)23-34(38)42/h11-14,26-28,31-36,38-39H,7-10,15-25H2,1-6H3/t28-,31-,32-,33+,34+,35-,36+,38+,42+,43-,44+/m1/s1. The van der Waals surface area contributed by atoms with E-state index >= 15 is 0 Å². The molecular weight excluding hydrogens is 730 g/mol. The van der Waals surface area contributed by atoms with Gasteiger partial charge in [-0.2, -0.15) is 0 Å². The average Bonchev–Trinajstić information content (AvgIpc) is 3.56. The Bertz CT molecular complexity index is 1610. The Morgan fingerprint density at radius 2 is 1.58 bits per heavy atom. The number of carbonyl (C=O) groups is 5. The minimum atomic E-state index is -1.24. The molecule has 0 spiro atoms. The van der Waals surface area contributed by atoms with Gasteiger partial charge in [0.2, 0.25) is 0 Å². The zero-order valence-corrected chi connectivity index (χ0v) is 34.7. The number of unbranched alkanes of at least 4 members (excludes halogenated alkanes) is 2. The molecule has 13 nitrogen and oxygen atoms in total. The number of ether oxygens (including phenoxy) is 5. The van der Waals surface area contributed by atoms with Crippen molar-refractivity contribution in [3.05, 3.63) is 45.8 Å². The van der Waals surface area contributed by atoms with E-state index < -0.39 is 40.9 Å². The quantitative estimate of drug-likeness (QED) is 0.0194. The summed E-state index contributed by atoms with van der Waals surface area (Å²) >= 11 is 0. The van der Waals surface area contributed by atoms with Gasteiger partial charge in [-0.1, -0.05) is 76.8 Å². The molecule has 5 rings (SSSR count). The van der Waals surface area contributed by atoms with E-state index in [0.29, 0.717) is 57.9 Å². The van der Waals surface area contributed by atoms with Crippen molar-refractivity contribution in [3.8, 4) is 0 Å². The number of fused-ring (bicyclic) bond motifs is 5. The molecule has 0 heterocycles. The van der Waals surface area contributed by atoms with Crippen molar-refractivity contribution in [3.63, 3.8) is 0 Å². The summed E-state index contributed by atoms with van der Waals surface area (Å²) in [5.74, 6) is -2.74. The lowest BCUT2D eigenvalue weighted by Crippen LogP contribution is -2.64. The summed E-state index contributed by atoms with van der Waals surface area (Å²) in [5.41, 5.74) is 8.72. The van der Waals surface area contributed by atoms with Crippen LogP contribution in [0.5, 0.6) is 0 Å². The molecule has 0 unspecified atom stereocenters. The third-order valence-electron chi connectivity index (χ3n) is 15.1.